The van der Waals surface area contributed by atoms with Gasteiger partial charge in [-0.15, -0.1) is 0 Å². The van der Waals surface area contributed by atoms with E-state index >= 15 is 0 Å². The van der Waals surface area contributed by atoms with E-state index in [1.165, 1.54) is 6.21 Å². The molecule has 8 heteroatoms. The Bertz CT molecular complexity index is 1070. The van der Waals surface area contributed by atoms with Gasteiger partial charge in [0, 0.05) is 29.0 Å². The van der Waals surface area contributed by atoms with Crippen molar-refractivity contribution >= 4 is 35.2 Å². The number of furan rings is 1. The van der Waals surface area contributed by atoms with Crippen LogP contribution in [0.2, 0.25) is 10.0 Å². The summed E-state index contributed by atoms with van der Waals surface area (Å²) >= 11 is 12.1. The van der Waals surface area contributed by atoms with E-state index in [2.05, 4.69) is 21.6 Å². The number of nitriles is 1. The molecule has 28 heavy (non-hydrogen) atoms. The minimum Gasteiger partial charge on any atom is -0.455 e. The second-order valence-corrected chi connectivity index (χ2v) is 6.73. The van der Waals surface area contributed by atoms with Crippen molar-refractivity contribution in [2.24, 2.45) is 5.10 Å². The van der Waals surface area contributed by atoms with Crippen LogP contribution < -0.4 is 5.43 Å². The molecule has 0 aliphatic rings. The van der Waals surface area contributed by atoms with Crippen LogP contribution in [-0.4, -0.2) is 18.3 Å². The van der Waals surface area contributed by atoms with Gasteiger partial charge >= 0.3 is 0 Å². The van der Waals surface area contributed by atoms with E-state index in [4.69, 9.17) is 32.4 Å². The van der Waals surface area contributed by atoms with Crippen molar-refractivity contribution < 1.29 is 9.15 Å². The molecule has 0 fully saturated rings. The van der Waals surface area contributed by atoms with Crippen LogP contribution in [0, 0.1) is 18.3 Å². The summed E-state index contributed by atoms with van der Waals surface area (Å²) < 4.78 is 10.9. The first kappa shape index (κ1) is 19.9. The maximum absolute atomic E-state index is 9.43. The molecule has 2 heterocycles. The Labute approximate surface area is 172 Å². The molecule has 0 amide bonds. The molecule has 0 saturated carbocycles. The van der Waals surface area contributed by atoms with Crippen molar-refractivity contribution in [3.63, 3.8) is 0 Å². The highest BCUT2D eigenvalue weighted by atomic mass is 35.5. The smallest absolute Gasteiger partial charge is 0.164 e. The Morgan fingerprint density at radius 1 is 1.29 bits per heavy atom. The molecular formula is C20H16Cl2N4O2. The van der Waals surface area contributed by atoms with E-state index in [1.807, 2.05) is 13.0 Å². The van der Waals surface area contributed by atoms with Gasteiger partial charge in [-0.25, -0.2) is 4.98 Å². The van der Waals surface area contributed by atoms with Crippen LogP contribution >= 0.6 is 23.2 Å². The van der Waals surface area contributed by atoms with Gasteiger partial charge in [-0.05, 0) is 43.3 Å². The number of halogens is 2. The molecule has 6 nitrogen and oxygen atoms in total. The number of pyridine rings is 1. The molecule has 0 aliphatic carbocycles. The number of aromatic nitrogens is 1. The van der Waals surface area contributed by atoms with E-state index in [-0.39, 0.29) is 0 Å². The Balaban J connectivity index is 1.79. The number of nitrogens with one attached hydrogen (secondary N) is 1. The number of benzene rings is 1. The zero-order chi connectivity index (χ0) is 20.1. The highest BCUT2D eigenvalue weighted by Gasteiger charge is 2.11. The van der Waals surface area contributed by atoms with Crippen molar-refractivity contribution in [3.05, 3.63) is 69.0 Å². The first-order valence-corrected chi connectivity index (χ1v) is 9.01. The van der Waals surface area contributed by atoms with Crippen LogP contribution in [0.4, 0.5) is 5.82 Å². The number of rotatable bonds is 6. The summed E-state index contributed by atoms with van der Waals surface area (Å²) in [7, 11) is 1.57. The summed E-state index contributed by atoms with van der Waals surface area (Å²) in [6.45, 7) is 2.15. The molecule has 0 radical (unpaired) electrons. The average molecular weight is 415 g/mol. The zero-order valence-electron chi connectivity index (χ0n) is 15.2. The average Bonchev–Trinajstić information content (AvgIpc) is 3.10. The number of nitrogens with zero attached hydrogens (tertiary/aromatic N) is 3. The number of anilines is 1. The molecule has 0 atom stereocenters. The number of hydrogen-bond donors (Lipinski definition) is 1. The molecule has 1 N–H and O–H groups in total. The second kappa shape index (κ2) is 8.89. The SMILES string of the molecule is COCc1cc(C)nc(N/N=C\c2ccc(-c3ccc(Cl)cc3Cl)o2)c1C#N. The van der Waals surface area contributed by atoms with Crippen molar-refractivity contribution in [2.45, 2.75) is 13.5 Å². The lowest BCUT2D eigenvalue weighted by atomic mass is 10.1. The van der Waals surface area contributed by atoms with Gasteiger partial charge in [-0.3, -0.25) is 5.43 Å². The summed E-state index contributed by atoms with van der Waals surface area (Å²) in [5, 5.41) is 14.6. The molecule has 0 saturated heterocycles. The van der Waals surface area contributed by atoms with Crippen molar-refractivity contribution in [3.8, 4) is 17.4 Å². The van der Waals surface area contributed by atoms with Gasteiger partial charge in [0.1, 0.15) is 23.2 Å². The fourth-order valence-electron chi connectivity index (χ4n) is 2.63. The van der Waals surface area contributed by atoms with Gasteiger partial charge in [0.05, 0.1) is 17.8 Å². The van der Waals surface area contributed by atoms with Gasteiger partial charge in [-0.1, -0.05) is 23.2 Å². The summed E-state index contributed by atoms with van der Waals surface area (Å²) in [5.41, 5.74) is 5.41. The molecule has 0 unspecified atom stereocenters. The number of methoxy groups -OCH3 is 1. The molecule has 3 aromatic rings. The highest BCUT2D eigenvalue weighted by molar-refractivity contribution is 6.36. The fourth-order valence-corrected chi connectivity index (χ4v) is 3.13. The molecular weight excluding hydrogens is 399 g/mol. The van der Waals surface area contributed by atoms with Crippen molar-refractivity contribution in [1.29, 1.82) is 5.26 Å². The monoisotopic (exact) mass is 414 g/mol. The van der Waals surface area contributed by atoms with Gasteiger partial charge < -0.3 is 9.15 Å². The minimum atomic E-state index is 0.314. The van der Waals surface area contributed by atoms with Crippen molar-refractivity contribution in [1.82, 2.24) is 4.98 Å². The fraction of sp³-hybridized carbons (Fsp3) is 0.150. The van der Waals surface area contributed by atoms with Gasteiger partial charge in [-0.2, -0.15) is 10.4 Å². The summed E-state index contributed by atoms with van der Waals surface area (Å²) in [4.78, 5) is 4.33. The lowest BCUT2D eigenvalue weighted by Gasteiger charge is -2.08. The maximum atomic E-state index is 9.43. The van der Waals surface area contributed by atoms with Crippen molar-refractivity contribution in [2.75, 3.05) is 12.5 Å². The standard InChI is InChI=1S/C20H16Cl2N4O2/c1-12-7-13(11-27-2)17(9-23)20(25-12)26-24-10-15-4-6-19(28-15)16-5-3-14(21)8-18(16)22/h3-8,10H,11H2,1-2H3,(H,25,26)/b24-10-. The highest BCUT2D eigenvalue weighted by Crippen LogP contribution is 2.31. The van der Waals surface area contributed by atoms with E-state index < -0.39 is 0 Å². The number of hydrogen-bond acceptors (Lipinski definition) is 6. The predicted molar refractivity (Wildman–Crippen MR) is 110 cm³/mol. The Hall–Kier alpha value is -2.85. The van der Waals surface area contributed by atoms with E-state index in [0.29, 0.717) is 39.6 Å². The Morgan fingerprint density at radius 3 is 2.82 bits per heavy atom. The molecule has 2 aromatic heterocycles. The third-order valence-corrected chi connectivity index (χ3v) is 4.37. The van der Waals surface area contributed by atoms with Crippen LogP contribution in [0.3, 0.4) is 0 Å². The van der Waals surface area contributed by atoms with E-state index in [1.54, 1.807) is 37.4 Å². The van der Waals surface area contributed by atoms with Gasteiger partial charge in [0.2, 0.25) is 0 Å². The molecule has 1 aromatic carbocycles. The third-order valence-electron chi connectivity index (χ3n) is 3.83. The lowest BCUT2D eigenvalue weighted by molar-refractivity contribution is 0.184. The summed E-state index contributed by atoms with van der Waals surface area (Å²) in [6, 6.07) is 12.7. The number of aryl methyl sites for hydroxylation is 1. The van der Waals surface area contributed by atoms with Crippen LogP contribution in [0.25, 0.3) is 11.3 Å². The summed E-state index contributed by atoms with van der Waals surface area (Å²) in [5.74, 6) is 1.46. The van der Waals surface area contributed by atoms with Gasteiger partial charge in [0.25, 0.3) is 0 Å². The Morgan fingerprint density at radius 2 is 2.11 bits per heavy atom. The predicted octanol–water partition coefficient (Wildman–Crippen LogP) is 5.42. The number of hydrazone groups is 1. The topological polar surface area (TPSA) is 83.4 Å². The van der Waals surface area contributed by atoms with Crippen LogP contribution in [-0.2, 0) is 11.3 Å². The molecule has 0 bridgehead atoms. The first-order chi connectivity index (χ1) is 13.5. The van der Waals surface area contributed by atoms with Gasteiger partial charge in [0.15, 0.2) is 5.82 Å². The molecule has 142 valence electrons. The largest absolute Gasteiger partial charge is 0.455 e. The Kier molecular flexibility index (Phi) is 6.32. The van der Waals surface area contributed by atoms with E-state index in [0.717, 1.165) is 16.8 Å². The minimum absolute atomic E-state index is 0.314. The van der Waals surface area contributed by atoms with Crippen LogP contribution in [0.5, 0.6) is 0 Å². The maximum Gasteiger partial charge on any atom is 0.164 e. The zero-order valence-corrected chi connectivity index (χ0v) is 16.7. The molecule has 3 rings (SSSR count). The molecule has 0 aliphatic heterocycles. The van der Waals surface area contributed by atoms with E-state index in [9.17, 15) is 5.26 Å². The third kappa shape index (κ3) is 4.52. The lowest BCUT2D eigenvalue weighted by Crippen LogP contribution is -2.03. The summed E-state index contributed by atoms with van der Waals surface area (Å²) in [6.07, 6.45) is 1.49. The first-order valence-electron chi connectivity index (χ1n) is 8.25. The quantitative estimate of drug-likeness (QED) is 0.429. The van der Waals surface area contributed by atoms with Crippen LogP contribution in [0.1, 0.15) is 22.6 Å². The number of ether oxygens (including phenoxy) is 1. The van der Waals surface area contributed by atoms with Crippen LogP contribution in [0.15, 0.2) is 45.9 Å². The second-order valence-electron chi connectivity index (χ2n) is 5.89. The normalized spacial score (nSPS) is 11.0. The molecule has 0 spiro atoms.